The van der Waals surface area contributed by atoms with E-state index in [4.69, 9.17) is 5.11 Å². The van der Waals surface area contributed by atoms with Gasteiger partial charge in [-0.2, -0.15) is 0 Å². The summed E-state index contributed by atoms with van der Waals surface area (Å²) in [6, 6.07) is 11.9. The molecule has 2 aliphatic rings. The lowest BCUT2D eigenvalue weighted by molar-refractivity contribution is -0.142. The van der Waals surface area contributed by atoms with Crippen LogP contribution in [0.15, 0.2) is 48.5 Å². The lowest BCUT2D eigenvalue weighted by Crippen LogP contribution is -2.58. The van der Waals surface area contributed by atoms with E-state index in [-0.39, 0.29) is 11.8 Å². The van der Waals surface area contributed by atoms with Gasteiger partial charge in [0, 0.05) is 28.6 Å². The van der Waals surface area contributed by atoms with Crippen LogP contribution >= 0.6 is 0 Å². The smallest absolute Gasteiger partial charge is 0.325 e. The number of carbonyl (C=O) groups excluding carboxylic acids is 3. The first-order valence-electron chi connectivity index (χ1n) is 12.0. The van der Waals surface area contributed by atoms with Crippen molar-refractivity contribution in [3.05, 3.63) is 70.9 Å². The molecule has 0 aliphatic carbocycles. The van der Waals surface area contributed by atoms with Crippen LogP contribution in [0.25, 0.3) is 10.9 Å². The number of nitrogens with zero attached hydrogens (tertiary/aromatic N) is 1. The molecule has 2 aromatic carbocycles. The Morgan fingerprint density at radius 3 is 2.44 bits per heavy atom. The molecule has 9 nitrogen and oxygen atoms in total. The van der Waals surface area contributed by atoms with Crippen LogP contribution in [0.1, 0.15) is 54.0 Å². The van der Waals surface area contributed by atoms with Gasteiger partial charge < -0.3 is 25.6 Å². The maximum absolute atomic E-state index is 13.7. The van der Waals surface area contributed by atoms with Crippen LogP contribution in [0.3, 0.4) is 0 Å². The standard InChI is InChI=1S/C27H28N4O5/c1-13(2)21(25(33)28-14(3)27(35)36)30-24(32)20-12-18-15-8-6-7-11-19(15)29-22(18)23-16-9-4-5-10-17(16)26(34)31(20)23/h4-11,13-14,20-21,23,29H,12H2,1-3H3,(H,28,33)(H,30,32)(H,35,36)/t14-,20+,21+,23-/m1/s1. The number of fused-ring (bicyclic) bond motifs is 7. The summed E-state index contributed by atoms with van der Waals surface area (Å²) in [5, 5.41) is 15.4. The third-order valence-corrected chi connectivity index (χ3v) is 7.13. The number of carbonyl (C=O) groups is 4. The number of para-hydroxylation sites is 1. The van der Waals surface area contributed by atoms with Crippen LogP contribution in [-0.4, -0.2) is 56.8 Å². The summed E-state index contributed by atoms with van der Waals surface area (Å²) in [7, 11) is 0. The summed E-state index contributed by atoms with van der Waals surface area (Å²) < 4.78 is 0. The highest BCUT2D eigenvalue weighted by molar-refractivity contribution is 6.04. The molecule has 4 N–H and O–H groups in total. The number of carboxylic acids is 1. The van der Waals surface area contributed by atoms with Gasteiger partial charge in [-0.3, -0.25) is 19.2 Å². The Kier molecular flexibility index (Phi) is 5.78. The van der Waals surface area contributed by atoms with Crippen molar-refractivity contribution >= 4 is 34.6 Å². The number of H-pyrrole nitrogens is 1. The second kappa shape index (κ2) is 8.82. The zero-order valence-corrected chi connectivity index (χ0v) is 20.2. The molecule has 0 radical (unpaired) electrons. The summed E-state index contributed by atoms with van der Waals surface area (Å²) in [6.45, 7) is 4.91. The van der Waals surface area contributed by atoms with Crippen molar-refractivity contribution in [3.63, 3.8) is 0 Å². The fourth-order valence-corrected chi connectivity index (χ4v) is 5.29. The Morgan fingerprint density at radius 2 is 1.72 bits per heavy atom. The van der Waals surface area contributed by atoms with E-state index in [2.05, 4.69) is 15.6 Å². The highest BCUT2D eigenvalue weighted by atomic mass is 16.4. The molecule has 5 rings (SSSR count). The number of carboxylic acid groups (broad SMARTS) is 1. The van der Waals surface area contributed by atoms with Gasteiger partial charge in [-0.05, 0) is 36.1 Å². The van der Waals surface area contributed by atoms with Gasteiger partial charge in [0.1, 0.15) is 18.1 Å². The first-order valence-corrected chi connectivity index (χ1v) is 12.0. The molecule has 186 valence electrons. The van der Waals surface area contributed by atoms with E-state index in [1.807, 2.05) is 36.4 Å². The molecular formula is C27H28N4O5. The highest BCUT2D eigenvalue weighted by Crippen LogP contribution is 2.46. The van der Waals surface area contributed by atoms with Crippen LogP contribution in [0.5, 0.6) is 0 Å². The molecule has 0 saturated carbocycles. The minimum atomic E-state index is -1.17. The van der Waals surface area contributed by atoms with Gasteiger partial charge in [0.2, 0.25) is 11.8 Å². The summed E-state index contributed by atoms with van der Waals surface area (Å²) >= 11 is 0. The van der Waals surface area contributed by atoms with Gasteiger partial charge in [-0.1, -0.05) is 50.2 Å². The average molecular weight is 489 g/mol. The molecule has 36 heavy (non-hydrogen) atoms. The van der Waals surface area contributed by atoms with Crippen molar-refractivity contribution in [2.75, 3.05) is 0 Å². The number of aliphatic carboxylic acids is 1. The van der Waals surface area contributed by atoms with Gasteiger partial charge in [0.05, 0.1) is 6.04 Å². The lowest BCUT2D eigenvalue weighted by Gasteiger charge is -2.38. The van der Waals surface area contributed by atoms with E-state index in [9.17, 15) is 19.2 Å². The Balaban J connectivity index is 1.52. The molecule has 4 atom stereocenters. The first kappa shape index (κ1) is 23.6. The van der Waals surface area contributed by atoms with Crippen molar-refractivity contribution < 1.29 is 24.3 Å². The van der Waals surface area contributed by atoms with Gasteiger partial charge in [0.25, 0.3) is 5.91 Å². The van der Waals surface area contributed by atoms with E-state index < -0.39 is 42.0 Å². The lowest BCUT2D eigenvalue weighted by atomic mass is 9.89. The monoisotopic (exact) mass is 488 g/mol. The molecular weight excluding hydrogens is 460 g/mol. The maximum atomic E-state index is 13.7. The third kappa shape index (κ3) is 3.71. The summed E-state index contributed by atoms with van der Waals surface area (Å²) in [5.41, 5.74) is 4.19. The van der Waals surface area contributed by atoms with Crippen LogP contribution < -0.4 is 10.6 Å². The summed E-state index contributed by atoms with van der Waals surface area (Å²) in [5.74, 6) is -2.73. The Morgan fingerprint density at radius 1 is 1.03 bits per heavy atom. The number of nitrogens with one attached hydrogen (secondary N) is 3. The number of benzene rings is 2. The number of amides is 3. The molecule has 0 fully saturated rings. The highest BCUT2D eigenvalue weighted by Gasteiger charge is 2.49. The molecule has 0 spiro atoms. The molecule has 3 aromatic rings. The van der Waals surface area contributed by atoms with Crippen molar-refractivity contribution in [3.8, 4) is 0 Å². The quantitative estimate of drug-likeness (QED) is 0.423. The van der Waals surface area contributed by atoms with Crippen molar-refractivity contribution in [2.45, 2.75) is 51.4 Å². The van der Waals surface area contributed by atoms with Crippen molar-refractivity contribution in [1.82, 2.24) is 20.5 Å². The second-order valence-corrected chi connectivity index (χ2v) is 9.78. The molecule has 0 unspecified atom stereocenters. The molecule has 0 saturated heterocycles. The molecule has 3 amide bonds. The van der Waals surface area contributed by atoms with Crippen LogP contribution in [0.2, 0.25) is 0 Å². The van der Waals surface area contributed by atoms with Gasteiger partial charge in [0.15, 0.2) is 0 Å². The van der Waals surface area contributed by atoms with E-state index in [1.54, 1.807) is 30.9 Å². The van der Waals surface area contributed by atoms with Gasteiger partial charge >= 0.3 is 5.97 Å². The topological polar surface area (TPSA) is 132 Å². The van der Waals surface area contributed by atoms with Gasteiger partial charge in [-0.15, -0.1) is 0 Å². The van der Waals surface area contributed by atoms with Crippen LogP contribution in [0.4, 0.5) is 0 Å². The predicted molar refractivity (Wildman–Crippen MR) is 132 cm³/mol. The normalized spacial score (nSPS) is 19.9. The number of aromatic amines is 1. The number of hydrogen-bond donors (Lipinski definition) is 4. The van der Waals surface area contributed by atoms with E-state index in [0.29, 0.717) is 12.0 Å². The zero-order chi connectivity index (χ0) is 25.7. The minimum absolute atomic E-state index is 0.231. The predicted octanol–water partition coefficient (Wildman–Crippen LogP) is 2.37. The summed E-state index contributed by atoms with van der Waals surface area (Å²) in [6.07, 6.45) is 0.291. The summed E-state index contributed by atoms with van der Waals surface area (Å²) in [4.78, 5) is 56.4. The Hall–Kier alpha value is -4.14. The zero-order valence-electron chi connectivity index (χ0n) is 20.2. The first-order chi connectivity index (χ1) is 17.2. The molecule has 1 aromatic heterocycles. The minimum Gasteiger partial charge on any atom is -0.480 e. The SMILES string of the molecule is CC(C)[C@H](NC(=O)[C@@H]1Cc2c([nH]c3ccccc23)[C@H]2c3ccccc3C(=O)N21)C(=O)N[C@H](C)C(=O)O. The number of rotatable bonds is 6. The van der Waals surface area contributed by atoms with Crippen molar-refractivity contribution in [1.29, 1.82) is 0 Å². The Bertz CT molecular complexity index is 1390. The number of hydrogen-bond acceptors (Lipinski definition) is 4. The average Bonchev–Trinajstić information content (AvgIpc) is 3.37. The van der Waals surface area contributed by atoms with Crippen LogP contribution in [-0.2, 0) is 20.8 Å². The van der Waals surface area contributed by atoms with Crippen molar-refractivity contribution in [2.24, 2.45) is 5.92 Å². The van der Waals surface area contributed by atoms with E-state index in [0.717, 1.165) is 27.7 Å². The Labute approximate surface area is 207 Å². The molecule has 0 bridgehead atoms. The second-order valence-electron chi connectivity index (χ2n) is 9.78. The fraction of sp³-hybridized carbons (Fsp3) is 0.333. The number of aromatic nitrogens is 1. The van der Waals surface area contributed by atoms with Gasteiger partial charge in [-0.25, -0.2) is 0 Å². The van der Waals surface area contributed by atoms with E-state index in [1.165, 1.54) is 6.92 Å². The molecule has 2 aliphatic heterocycles. The largest absolute Gasteiger partial charge is 0.480 e. The fourth-order valence-electron chi connectivity index (χ4n) is 5.29. The third-order valence-electron chi connectivity index (χ3n) is 7.13. The van der Waals surface area contributed by atoms with Crippen LogP contribution in [0, 0.1) is 5.92 Å². The molecule has 9 heteroatoms. The maximum Gasteiger partial charge on any atom is 0.325 e. The van der Waals surface area contributed by atoms with E-state index >= 15 is 0 Å². The molecule has 3 heterocycles.